The molecule has 0 atom stereocenters. The molecule has 0 bridgehead atoms. The van der Waals surface area contributed by atoms with E-state index < -0.39 is 5.91 Å². The average molecular weight is 455 g/mol. The highest BCUT2D eigenvalue weighted by Gasteiger charge is 2.29. The number of furan rings is 1. The van der Waals surface area contributed by atoms with Crippen molar-refractivity contribution in [3.8, 4) is 0 Å². The summed E-state index contributed by atoms with van der Waals surface area (Å²) in [7, 11) is 0. The minimum Gasteiger partial charge on any atom is -0.448 e. The number of carbonyl (C=O) groups is 2. The van der Waals surface area contributed by atoms with Gasteiger partial charge >= 0.3 is 0 Å². The molecule has 3 aromatic rings. The number of nitrogens with one attached hydrogen (secondary N) is 2. The van der Waals surface area contributed by atoms with Gasteiger partial charge in [-0.15, -0.1) is 0 Å². The summed E-state index contributed by atoms with van der Waals surface area (Å²) in [5.41, 5.74) is 1.85. The van der Waals surface area contributed by atoms with Gasteiger partial charge in [-0.05, 0) is 70.5 Å². The van der Waals surface area contributed by atoms with Crippen LogP contribution in [0.4, 0.5) is 11.5 Å². The Bertz CT molecular complexity index is 1130. The van der Waals surface area contributed by atoms with Crippen molar-refractivity contribution in [1.82, 2.24) is 9.88 Å². The van der Waals surface area contributed by atoms with Crippen molar-refractivity contribution in [1.29, 1.82) is 0 Å². The second kappa shape index (κ2) is 9.30. The Morgan fingerprint density at radius 2 is 1.91 bits per heavy atom. The van der Waals surface area contributed by atoms with Gasteiger partial charge in [-0.25, -0.2) is 4.98 Å². The van der Waals surface area contributed by atoms with Gasteiger partial charge in [0.05, 0.1) is 5.02 Å². The molecule has 168 valence electrons. The van der Waals surface area contributed by atoms with E-state index in [0.29, 0.717) is 33.5 Å². The second-order valence-corrected chi connectivity index (χ2v) is 8.90. The zero-order valence-corrected chi connectivity index (χ0v) is 19.2. The molecule has 2 aromatic heterocycles. The van der Waals surface area contributed by atoms with Gasteiger partial charge in [-0.1, -0.05) is 23.7 Å². The Kier molecular flexibility index (Phi) is 6.48. The van der Waals surface area contributed by atoms with Crippen molar-refractivity contribution in [2.24, 2.45) is 5.92 Å². The van der Waals surface area contributed by atoms with Crippen molar-refractivity contribution >= 4 is 45.9 Å². The van der Waals surface area contributed by atoms with Crippen molar-refractivity contribution in [3.63, 3.8) is 0 Å². The summed E-state index contributed by atoms with van der Waals surface area (Å²) in [6, 6.07) is 9.35. The number of carbonyl (C=O) groups excluding carboxylic acids is 2. The lowest BCUT2D eigenvalue weighted by molar-refractivity contribution is -0.121. The highest BCUT2D eigenvalue weighted by molar-refractivity contribution is 6.30. The van der Waals surface area contributed by atoms with Gasteiger partial charge in [0, 0.05) is 23.5 Å². The number of para-hydroxylation sites is 1. The molecule has 7 nitrogen and oxygen atoms in total. The number of amides is 2. The molecule has 4 rings (SSSR count). The number of piperidine rings is 1. The van der Waals surface area contributed by atoms with Gasteiger partial charge in [0.25, 0.3) is 5.91 Å². The number of aryl methyl sites for hydroxylation is 1. The zero-order valence-electron chi connectivity index (χ0n) is 18.4. The molecule has 2 N–H and O–H groups in total. The number of nitrogens with zero attached hydrogens (tertiary/aromatic N) is 2. The molecule has 2 amide bonds. The van der Waals surface area contributed by atoms with Crippen molar-refractivity contribution in [2.75, 3.05) is 23.7 Å². The lowest BCUT2D eigenvalue weighted by atomic mass is 9.95. The van der Waals surface area contributed by atoms with Crippen LogP contribution >= 0.6 is 11.6 Å². The molecule has 8 heteroatoms. The maximum atomic E-state index is 13.1. The molecule has 1 fully saturated rings. The standard InChI is InChI=1S/C24H27ClN4O3/c1-14(2)29-11-9-16(10-12-29)23(30)28-20-18-6-4-5-15(3)21(18)32-22(20)24(31)27-19-8-7-17(25)13-26-19/h4-8,13-14,16H,9-12H2,1-3H3,(H,28,30)(H,26,27,31). The maximum absolute atomic E-state index is 13.1. The first kappa shape index (κ1) is 22.3. The highest BCUT2D eigenvalue weighted by atomic mass is 35.5. The van der Waals surface area contributed by atoms with Gasteiger partial charge in [-0.3, -0.25) is 9.59 Å². The Morgan fingerprint density at radius 1 is 1.16 bits per heavy atom. The zero-order chi connectivity index (χ0) is 22.8. The third-order valence-corrected chi connectivity index (χ3v) is 6.19. The molecule has 0 aliphatic carbocycles. The monoisotopic (exact) mass is 454 g/mol. The topological polar surface area (TPSA) is 87.5 Å². The summed E-state index contributed by atoms with van der Waals surface area (Å²) in [5.74, 6) is -0.279. The van der Waals surface area contributed by atoms with E-state index in [-0.39, 0.29) is 17.6 Å². The number of hydrogen-bond acceptors (Lipinski definition) is 5. The number of aromatic nitrogens is 1. The molecule has 0 spiro atoms. The summed E-state index contributed by atoms with van der Waals surface area (Å²) < 4.78 is 5.94. The number of benzene rings is 1. The molecule has 3 heterocycles. The van der Waals surface area contributed by atoms with Gasteiger partial charge in [0.2, 0.25) is 11.7 Å². The minimum absolute atomic E-state index is 0.0546. The van der Waals surface area contributed by atoms with Crippen molar-refractivity contribution in [3.05, 3.63) is 52.9 Å². The van der Waals surface area contributed by atoms with Crippen LogP contribution in [0, 0.1) is 12.8 Å². The van der Waals surface area contributed by atoms with Crippen LogP contribution in [-0.4, -0.2) is 40.8 Å². The van der Waals surface area contributed by atoms with E-state index in [2.05, 4.69) is 34.4 Å². The lowest BCUT2D eigenvalue weighted by Gasteiger charge is -2.33. The first-order valence-corrected chi connectivity index (χ1v) is 11.2. The maximum Gasteiger partial charge on any atom is 0.294 e. The van der Waals surface area contributed by atoms with Crippen LogP contribution in [0.2, 0.25) is 5.02 Å². The van der Waals surface area contributed by atoms with Crippen LogP contribution in [0.5, 0.6) is 0 Å². The van der Waals surface area contributed by atoms with Crippen LogP contribution in [0.15, 0.2) is 40.9 Å². The summed E-state index contributed by atoms with van der Waals surface area (Å²) in [6.07, 6.45) is 3.02. The number of fused-ring (bicyclic) bond motifs is 1. The van der Waals surface area contributed by atoms with E-state index in [1.165, 1.54) is 6.20 Å². The number of pyridine rings is 1. The van der Waals surface area contributed by atoms with E-state index in [1.807, 2.05) is 25.1 Å². The predicted octanol–water partition coefficient (Wildman–Crippen LogP) is 5.10. The lowest BCUT2D eigenvalue weighted by Crippen LogP contribution is -2.41. The summed E-state index contributed by atoms with van der Waals surface area (Å²) in [4.78, 5) is 32.6. The number of likely N-dealkylation sites (tertiary alicyclic amines) is 1. The van der Waals surface area contributed by atoms with Gasteiger partial charge in [0.15, 0.2) is 0 Å². The molecule has 1 aliphatic rings. The van der Waals surface area contributed by atoms with Crippen LogP contribution in [-0.2, 0) is 4.79 Å². The van der Waals surface area contributed by atoms with E-state index in [0.717, 1.165) is 31.5 Å². The fraction of sp³-hybridized carbons (Fsp3) is 0.375. The molecule has 1 saturated heterocycles. The minimum atomic E-state index is -0.486. The molecule has 0 unspecified atom stereocenters. The predicted molar refractivity (Wildman–Crippen MR) is 126 cm³/mol. The first-order chi connectivity index (χ1) is 15.3. The smallest absolute Gasteiger partial charge is 0.294 e. The van der Waals surface area contributed by atoms with Crippen LogP contribution < -0.4 is 10.6 Å². The highest BCUT2D eigenvalue weighted by Crippen LogP contribution is 2.34. The molecule has 0 saturated carbocycles. The Hall–Kier alpha value is -2.90. The van der Waals surface area contributed by atoms with Crippen molar-refractivity contribution < 1.29 is 14.0 Å². The summed E-state index contributed by atoms with van der Waals surface area (Å²) >= 11 is 5.87. The van der Waals surface area contributed by atoms with Crippen LogP contribution in [0.25, 0.3) is 11.0 Å². The van der Waals surface area contributed by atoms with E-state index in [1.54, 1.807) is 12.1 Å². The van der Waals surface area contributed by atoms with Gasteiger partial charge in [-0.2, -0.15) is 0 Å². The molecule has 1 aromatic carbocycles. The number of halogens is 1. The normalized spacial score (nSPS) is 15.3. The Balaban J connectivity index is 1.60. The summed E-state index contributed by atoms with van der Waals surface area (Å²) in [6.45, 7) is 8.01. The van der Waals surface area contributed by atoms with Gasteiger partial charge < -0.3 is 20.0 Å². The molecule has 32 heavy (non-hydrogen) atoms. The number of hydrogen-bond donors (Lipinski definition) is 2. The van der Waals surface area contributed by atoms with E-state index in [9.17, 15) is 9.59 Å². The largest absolute Gasteiger partial charge is 0.448 e. The second-order valence-electron chi connectivity index (χ2n) is 8.47. The SMILES string of the molecule is Cc1cccc2c(NC(=O)C3CCN(C(C)C)CC3)c(C(=O)Nc3ccc(Cl)cn3)oc12. The van der Waals surface area contributed by atoms with Gasteiger partial charge in [0.1, 0.15) is 17.1 Å². The molecule has 0 radical (unpaired) electrons. The van der Waals surface area contributed by atoms with E-state index in [4.69, 9.17) is 16.0 Å². The van der Waals surface area contributed by atoms with Crippen LogP contribution in [0.3, 0.4) is 0 Å². The molecular weight excluding hydrogens is 428 g/mol. The fourth-order valence-electron chi connectivity index (χ4n) is 4.07. The third kappa shape index (κ3) is 4.64. The third-order valence-electron chi connectivity index (χ3n) is 5.97. The number of rotatable bonds is 5. The Labute approximate surface area is 192 Å². The molecular formula is C24H27ClN4O3. The van der Waals surface area contributed by atoms with Crippen LogP contribution in [0.1, 0.15) is 42.8 Å². The van der Waals surface area contributed by atoms with E-state index >= 15 is 0 Å². The quantitative estimate of drug-likeness (QED) is 0.560. The fourth-order valence-corrected chi connectivity index (χ4v) is 4.18. The first-order valence-electron chi connectivity index (χ1n) is 10.8. The average Bonchev–Trinajstić information content (AvgIpc) is 3.15. The Morgan fingerprint density at radius 3 is 2.56 bits per heavy atom. The summed E-state index contributed by atoms with van der Waals surface area (Å²) in [5, 5.41) is 6.89. The van der Waals surface area contributed by atoms with Crippen molar-refractivity contribution in [2.45, 2.75) is 39.7 Å². The number of anilines is 2. The molecule has 1 aliphatic heterocycles.